The van der Waals surface area contributed by atoms with Crippen LogP contribution in [0.4, 0.5) is 0 Å². The van der Waals surface area contributed by atoms with Gasteiger partial charge in [-0.3, -0.25) is 4.68 Å². The molecule has 0 amide bonds. The van der Waals surface area contributed by atoms with Gasteiger partial charge in [0.2, 0.25) is 0 Å². The standard InChI is InChI=1S/C17H20N2OS/c1-10(2)6-15-14-5-4-13(20)7-12(14)9-19-17(15)8-16(18-19)11(3)21/h4-5,7-8,10,15,20H,6,9H2,1-3H3. The molecule has 0 spiro atoms. The van der Waals surface area contributed by atoms with Gasteiger partial charge in [-0.15, -0.1) is 0 Å². The van der Waals surface area contributed by atoms with Crippen molar-refractivity contribution in [2.75, 3.05) is 0 Å². The number of aromatic hydroxyl groups is 1. The minimum absolute atomic E-state index is 0.318. The number of benzene rings is 1. The van der Waals surface area contributed by atoms with E-state index >= 15 is 0 Å². The molecule has 1 unspecified atom stereocenters. The van der Waals surface area contributed by atoms with Crippen molar-refractivity contribution in [2.24, 2.45) is 5.92 Å². The zero-order valence-electron chi connectivity index (χ0n) is 12.6. The van der Waals surface area contributed by atoms with Crippen LogP contribution in [-0.2, 0) is 6.54 Å². The molecule has 3 rings (SSSR count). The van der Waals surface area contributed by atoms with Crippen LogP contribution in [0.5, 0.6) is 5.75 Å². The van der Waals surface area contributed by atoms with Crippen LogP contribution < -0.4 is 0 Å². The molecule has 1 atom stereocenters. The molecule has 1 aromatic heterocycles. The second kappa shape index (κ2) is 5.26. The number of rotatable bonds is 3. The molecule has 21 heavy (non-hydrogen) atoms. The molecule has 1 aromatic carbocycles. The van der Waals surface area contributed by atoms with Crippen molar-refractivity contribution in [3.8, 4) is 5.75 Å². The minimum atomic E-state index is 0.318. The van der Waals surface area contributed by atoms with Crippen molar-refractivity contribution in [1.29, 1.82) is 0 Å². The zero-order valence-corrected chi connectivity index (χ0v) is 13.4. The van der Waals surface area contributed by atoms with Crippen molar-refractivity contribution in [1.82, 2.24) is 9.78 Å². The number of nitrogens with zero attached hydrogens (tertiary/aromatic N) is 2. The van der Waals surface area contributed by atoms with E-state index in [4.69, 9.17) is 12.2 Å². The molecule has 0 radical (unpaired) electrons. The molecule has 0 saturated heterocycles. The van der Waals surface area contributed by atoms with Crippen molar-refractivity contribution in [3.05, 3.63) is 46.8 Å². The highest BCUT2D eigenvalue weighted by molar-refractivity contribution is 7.80. The molecule has 0 saturated carbocycles. The Morgan fingerprint density at radius 1 is 1.43 bits per heavy atom. The molecular formula is C17H20N2OS. The first-order valence-corrected chi connectivity index (χ1v) is 7.77. The molecule has 0 fully saturated rings. The third-order valence-corrected chi connectivity index (χ3v) is 4.27. The van der Waals surface area contributed by atoms with Gasteiger partial charge in [0.1, 0.15) is 5.75 Å². The fourth-order valence-corrected chi connectivity index (χ4v) is 3.22. The van der Waals surface area contributed by atoms with Gasteiger partial charge >= 0.3 is 0 Å². The number of hydrogen-bond donors (Lipinski definition) is 1. The van der Waals surface area contributed by atoms with E-state index in [1.54, 1.807) is 6.07 Å². The van der Waals surface area contributed by atoms with E-state index in [1.165, 1.54) is 11.3 Å². The molecule has 0 aliphatic carbocycles. The maximum absolute atomic E-state index is 9.75. The molecule has 2 heterocycles. The Morgan fingerprint density at radius 3 is 2.86 bits per heavy atom. The van der Waals surface area contributed by atoms with Gasteiger partial charge < -0.3 is 5.11 Å². The summed E-state index contributed by atoms with van der Waals surface area (Å²) in [6.07, 6.45) is 1.07. The lowest BCUT2D eigenvalue weighted by atomic mass is 9.83. The lowest BCUT2D eigenvalue weighted by molar-refractivity contribution is 0.465. The molecule has 3 nitrogen and oxygen atoms in total. The number of aromatic nitrogens is 2. The predicted octanol–water partition coefficient (Wildman–Crippen LogP) is 3.87. The van der Waals surface area contributed by atoms with Crippen molar-refractivity contribution in [2.45, 2.75) is 39.7 Å². The minimum Gasteiger partial charge on any atom is -0.508 e. The molecule has 110 valence electrons. The highest BCUT2D eigenvalue weighted by Crippen LogP contribution is 2.38. The van der Waals surface area contributed by atoms with Crippen LogP contribution >= 0.6 is 12.2 Å². The largest absolute Gasteiger partial charge is 0.508 e. The lowest BCUT2D eigenvalue weighted by Crippen LogP contribution is -2.20. The Hall–Kier alpha value is -1.68. The number of hydrogen-bond acceptors (Lipinski definition) is 3. The molecule has 1 aliphatic heterocycles. The van der Waals surface area contributed by atoms with Crippen LogP contribution in [0, 0.1) is 5.92 Å². The second-order valence-electron chi connectivity index (χ2n) is 6.23. The summed E-state index contributed by atoms with van der Waals surface area (Å²) in [5.74, 6) is 1.24. The van der Waals surface area contributed by atoms with Gasteiger partial charge in [-0.05, 0) is 48.6 Å². The molecule has 1 aliphatic rings. The predicted molar refractivity (Wildman–Crippen MR) is 88.1 cm³/mol. The van der Waals surface area contributed by atoms with Gasteiger partial charge in [-0.1, -0.05) is 32.1 Å². The van der Waals surface area contributed by atoms with Crippen LogP contribution in [0.1, 0.15) is 55.6 Å². The topological polar surface area (TPSA) is 38.0 Å². The monoisotopic (exact) mass is 300 g/mol. The summed E-state index contributed by atoms with van der Waals surface area (Å²) in [6, 6.07) is 7.82. The van der Waals surface area contributed by atoms with Gasteiger partial charge in [-0.25, -0.2) is 0 Å². The van der Waals surface area contributed by atoms with Crippen molar-refractivity contribution in [3.63, 3.8) is 0 Å². The maximum atomic E-state index is 9.75. The average Bonchev–Trinajstić information content (AvgIpc) is 2.81. The summed E-state index contributed by atoms with van der Waals surface area (Å²) >= 11 is 5.27. The van der Waals surface area contributed by atoms with Crippen LogP contribution in [0.2, 0.25) is 0 Å². The van der Waals surface area contributed by atoms with Gasteiger partial charge in [0.15, 0.2) is 0 Å². The summed E-state index contributed by atoms with van der Waals surface area (Å²) in [5, 5.41) is 14.4. The Morgan fingerprint density at radius 2 is 2.19 bits per heavy atom. The van der Waals surface area contributed by atoms with E-state index in [9.17, 15) is 5.11 Å². The Balaban J connectivity index is 2.12. The van der Waals surface area contributed by atoms with Crippen LogP contribution in [0.15, 0.2) is 24.3 Å². The highest BCUT2D eigenvalue weighted by Gasteiger charge is 2.28. The molecule has 0 bridgehead atoms. The van der Waals surface area contributed by atoms with Crippen molar-refractivity contribution < 1.29 is 5.11 Å². The van der Waals surface area contributed by atoms with Gasteiger partial charge in [0.25, 0.3) is 0 Å². The van der Waals surface area contributed by atoms with E-state index in [0.29, 0.717) is 24.1 Å². The summed E-state index contributed by atoms with van der Waals surface area (Å²) < 4.78 is 2.04. The first-order chi connectivity index (χ1) is 9.95. The Labute approximate surface area is 130 Å². The second-order valence-corrected chi connectivity index (χ2v) is 6.85. The SMILES string of the molecule is CC(=S)c1cc2n(n1)Cc1cc(O)ccc1C2CC(C)C. The van der Waals surface area contributed by atoms with E-state index in [1.807, 2.05) is 17.7 Å². The van der Waals surface area contributed by atoms with Crippen LogP contribution in [0.25, 0.3) is 0 Å². The normalized spacial score (nSPS) is 16.7. The molecule has 4 heteroatoms. The average molecular weight is 300 g/mol. The van der Waals surface area contributed by atoms with Gasteiger partial charge in [0.05, 0.1) is 12.2 Å². The molecular weight excluding hydrogens is 280 g/mol. The van der Waals surface area contributed by atoms with Crippen LogP contribution in [0.3, 0.4) is 0 Å². The molecule has 2 aromatic rings. The summed E-state index contributed by atoms with van der Waals surface area (Å²) in [5.41, 5.74) is 4.60. The number of phenolic OH excluding ortho intramolecular Hbond substituents is 1. The number of thiocarbonyl (C=S) groups is 1. The summed E-state index contributed by atoms with van der Waals surface area (Å²) in [6.45, 7) is 7.10. The Bertz CT molecular complexity index is 703. The summed E-state index contributed by atoms with van der Waals surface area (Å²) in [7, 11) is 0. The first-order valence-electron chi connectivity index (χ1n) is 7.36. The Kier molecular flexibility index (Phi) is 3.57. The summed E-state index contributed by atoms with van der Waals surface area (Å²) in [4.78, 5) is 0.826. The van der Waals surface area contributed by atoms with Crippen molar-refractivity contribution >= 4 is 17.1 Å². The van der Waals surface area contributed by atoms with E-state index in [2.05, 4.69) is 31.1 Å². The van der Waals surface area contributed by atoms with Crippen LogP contribution in [-0.4, -0.2) is 19.8 Å². The smallest absolute Gasteiger partial charge is 0.115 e. The lowest BCUT2D eigenvalue weighted by Gasteiger charge is -2.28. The maximum Gasteiger partial charge on any atom is 0.115 e. The molecule has 1 N–H and O–H groups in total. The first kappa shape index (κ1) is 14.3. The van der Waals surface area contributed by atoms with Gasteiger partial charge in [0, 0.05) is 16.5 Å². The van der Waals surface area contributed by atoms with Gasteiger partial charge in [-0.2, -0.15) is 5.10 Å². The fraction of sp³-hybridized carbons (Fsp3) is 0.412. The third-order valence-electron chi connectivity index (χ3n) is 4.06. The fourth-order valence-electron chi connectivity index (χ4n) is 3.12. The zero-order chi connectivity index (χ0) is 15.1. The highest BCUT2D eigenvalue weighted by atomic mass is 32.1. The van der Waals surface area contributed by atoms with E-state index in [-0.39, 0.29) is 0 Å². The third kappa shape index (κ3) is 2.60. The van der Waals surface area contributed by atoms with E-state index < -0.39 is 0 Å². The van der Waals surface area contributed by atoms with E-state index in [0.717, 1.165) is 22.5 Å². The number of phenols is 1. The number of fused-ring (bicyclic) bond motifs is 2. The quantitative estimate of drug-likeness (QED) is 0.691.